The molecule has 0 aliphatic heterocycles. The molecular weight excluding hydrogens is 290 g/mol. The van der Waals surface area contributed by atoms with Crippen LogP contribution in [0.25, 0.3) is 0 Å². The van der Waals surface area contributed by atoms with E-state index in [4.69, 9.17) is 5.73 Å². The predicted octanol–water partition coefficient (Wildman–Crippen LogP) is 1.57. The molecule has 2 amide bonds. The maximum absolute atomic E-state index is 12.1. The largest absolute Gasteiger partial charge is 0.354 e. The third-order valence-corrected chi connectivity index (χ3v) is 3.65. The van der Waals surface area contributed by atoms with Crippen molar-refractivity contribution in [3.8, 4) is 0 Å². The zero-order valence-electron chi connectivity index (χ0n) is 14.6. The zero-order valence-corrected chi connectivity index (χ0v) is 14.6. The first-order valence-corrected chi connectivity index (χ1v) is 8.21. The van der Waals surface area contributed by atoms with Crippen LogP contribution in [0.15, 0.2) is 24.3 Å². The maximum atomic E-state index is 12.1. The van der Waals surface area contributed by atoms with Gasteiger partial charge in [-0.2, -0.15) is 0 Å². The standard InChI is InChI=1S/C18H29N3O2/c1-12(2)11-15-5-7-16(8-6-15)13(3)17(22)20-9-10-21-18(23)14(4)19/h5-8,12-14H,9-11,19H2,1-4H3,(H,20,22)(H,21,23). The second-order valence-electron chi connectivity index (χ2n) is 6.43. The Morgan fingerprint density at radius 2 is 1.48 bits per heavy atom. The highest BCUT2D eigenvalue weighted by atomic mass is 16.2. The van der Waals surface area contributed by atoms with E-state index in [9.17, 15) is 9.59 Å². The molecule has 0 aliphatic carbocycles. The van der Waals surface area contributed by atoms with Crippen molar-refractivity contribution in [1.29, 1.82) is 0 Å². The zero-order chi connectivity index (χ0) is 17.4. The van der Waals surface area contributed by atoms with Crippen LogP contribution < -0.4 is 16.4 Å². The minimum Gasteiger partial charge on any atom is -0.354 e. The van der Waals surface area contributed by atoms with Crippen LogP contribution in [-0.4, -0.2) is 30.9 Å². The van der Waals surface area contributed by atoms with Gasteiger partial charge in [0, 0.05) is 13.1 Å². The normalized spacial score (nSPS) is 13.5. The van der Waals surface area contributed by atoms with E-state index in [0.717, 1.165) is 12.0 Å². The molecule has 128 valence electrons. The van der Waals surface area contributed by atoms with E-state index in [2.05, 4.69) is 36.6 Å². The number of hydrogen-bond donors (Lipinski definition) is 3. The van der Waals surface area contributed by atoms with Crippen LogP contribution in [0, 0.1) is 5.92 Å². The van der Waals surface area contributed by atoms with Gasteiger partial charge in [0.2, 0.25) is 11.8 Å². The Balaban J connectivity index is 2.42. The van der Waals surface area contributed by atoms with Gasteiger partial charge in [-0.05, 0) is 37.3 Å². The quantitative estimate of drug-likeness (QED) is 0.636. The van der Waals surface area contributed by atoms with E-state index in [0.29, 0.717) is 19.0 Å². The van der Waals surface area contributed by atoms with Gasteiger partial charge in [-0.25, -0.2) is 0 Å². The topological polar surface area (TPSA) is 84.2 Å². The molecule has 0 bridgehead atoms. The van der Waals surface area contributed by atoms with Crippen molar-refractivity contribution in [2.45, 2.75) is 46.1 Å². The Morgan fingerprint density at radius 3 is 1.96 bits per heavy atom. The third kappa shape index (κ3) is 6.82. The van der Waals surface area contributed by atoms with Crippen LogP contribution in [0.3, 0.4) is 0 Å². The van der Waals surface area contributed by atoms with Gasteiger partial charge in [0.1, 0.15) is 0 Å². The first-order valence-electron chi connectivity index (χ1n) is 8.21. The maximum Gasteiger partial charge on any atom is 0.236 e. The minimum atomic E-state index is -0.533. The molecule has 4 N–H and O–H groups in total. The fourth-order valence-corrected chi connectivity index (χ4v) is 2.25. The van der Waals surface area contributed by atoms with E-state index >= 15 is 0 Å². The van der Waals surface area contributed by atoms with Gasteiger partial charge in [-0.3, -0.25) is 9.59 Å². The van der Waals surface area contributed by atoms with Crippen molar-refractivity contribution in [3.05, 3.63) is 35.4 Å². The number of rotatable bonds is 8. The Labute approximate surface area is 139 Å². The molecule has 5 heteroatoms. The molecule has 0 radical (unpaired) electrons. The van der Waals surface area contributed by atoms with Crippen LogP contribution in [0.5, 0.6) is 0 Å². The molecule has 0 spiro atoms. The molecule has 1 rings (SSSR count). The summed E-state index contributed by atoms with van der Waals surface area (Å²) in [5.74, 6) is 0.143. The van der Waals surface area contributed by atoms with Crippen molar-refractivity contribution in [3.63, 3.8) is 0 Å². The molecule has 1 aromatic carbocycles. The number of carbonyl (C=O) groups excluding carboxylic acids is 2. The van der Waals surface area contributed by atoms with Crippen LogP contribution in [-0.2, 0) is 16.0 Å². The molecule has 0 saturated heterocycles. The Kier molecular flexibility index (Phi) is 7.75. The van der Waals surface area contributed by atoms with Crippen molar-refractivity contribution in [2.24, 2.45) is 11.7 Å². The Bertz CT molecular complexity index is 510. The highest BCUT2D eigenvalue weighted by molar-refractivity contribution is 5.83. The van der Waals surface area contributed by atoms with Gasteiger partial charge in [-0.1, -0.05) is 38.1 Å². The van der Waals surface area contributed by atoms with Gasteiger partial charge < -0.3 is 16.4 Å². The van der Waals surface area contributed by atoms with Crippen molar-refractivity contribution < 1.29 is 9.59 Å². The molecule has 2 unspecified atom stereocenters. The monoisotopic (exact) mass is 319 g/mol. The third-order valence-electron chi connectivity index (χ3n) is 3.65. The van der Waals surface area contributed by atoms with E-state index < -0.39 is 6.04 Å². The fraction of sp³-hybridized carbons (Fsp3) is 0.556. The molecule has 0 aliphatic rings. The summed E-state index contributed by atoms with van der Waals surface area (Å²) >= 11 is 0. The van der Waals surface area contributed by atoms with Crippen LogP contribution >= 0.6 is 0 Å². The Hall–Kier alpha value is -1.88. The molecule has 1 aromatic rings. The lowest BCUT2D eigenvalue weighted by Crippen LogP contribution is -2.42. The van der Waals surface area contributed by atoms with Crippen LogP contribution in [0.2, 0.25) is 0 Å². The molecule has 0 saturated carbocycles. The van der Waals surface area contributed by atoms with Crippen molar-refractivity contribution in [1.82, 2.24) is 10.6 Å². The lowest BCUT2D eigenvalue weighted by atomic mass is 9.96. The molecule has 23 heavy (non-hydrogen) atoms. The van der Waals surface area contributed by atoms with E-state index in [1.54, 1.807) is 6.92 Å². The van der Waals surface area contributed by atoms with Crippen LogP contribution in [0.1, 0.15) is 44.7 Å². The summed E-state index contributed by atoms with van der Waals surface area (Å²) in [5.41, 5.74) is 7.73. The number of nitrogens with one attached hydrogen (secondary N) is 2. The predicted molar refractivity (Wildman–Crippen MR) is 93.1 cm³/mol. The molecule has 0 aromatic heterocycles. The number of nitrogens with two attached hydrogens (primary N) is 1. The van der Waals surface area contributed by atoms with E-state index in [1.165, 1.54) is 5.56 Å². The molecular formula is C18H29N3O2. The second kappa shape index (κ2) is 9.30. The summed E-state index contributed by atoms with van der Waals surface area (Å²) in [4.78, 5) is 23.4. The average molecular weight is 319 g/mol. The number of amides is 2. The van der Waals surface area contributed by atoms with Crippen molar-refractivity contribution in [2.75, 3.05) is 13.1 Å². The summed E-state index contributed by atoms with van der Waals surface area (Å²) in [6, 6.07) is 7.66. The summed E-state index contributed by atoms with van der Waals surface area (Å²) in [6.07, 6.45) is 1.04. The van der Waals surface area contributed by atoms with Gasteiger partial charge in [0.15, 0.2) is 0 Å². The highest BCUT2D eigenvalue weighted by Gasteiger charge is 2.15. The van der Waals surface area contributed by atoms with Gasteiger partial charge in [0.05, 0.1) is 12.0 Å². The molecule has 5 nitrogen and oxygen atoms in total. The lowest BCUT2D eigenvalue weighted by Gasteiger charge is -2.14. The van der Waals surface area contributed by atoms with Crippen molar-refractivity contribution >= 4 is 11.8 Å². The SMILES string of the molecule is CC(C)Cc1ccc(C(C)C(=O)NCCNC(=O)C(C)N)cc1. The Morgan fingerprint density at radius 1 is 0.957 bits per heavy atom. The van der Waals surface area contributed by atoms with Gasteiger partial charge >= 0.3 is 0 Å². The number of hydrogen-bond acceptors (Lipinski definition) is 3. The first-order chi connectivity index (χ1) is 10.8. The average Bonchev–Trinajstić information content (AvgIpc) is 2.50. The summed E-state index contributed by atoms with van der Waals surface area (Å²) in [6.45, 7) is 8.66. The van der Waals surface area contributed by atoms with Crippen LogP contribution in [0.4, 0.5) is 0 Å². The van der Waals surface area contributed by atoms with Gasteiger partial charge in [-0.15, -0.1) is 0 Å². The fourth-order valence-electron chi connectivity index (χ4n) is 2.25. The van der Waals surface area contributed by atoms with Gasteiger partial charge in [0.25, 0.3) is 0 Å². The van der Waals surface area contributed by atoms with E-state index in [1.807, 2.05) is 19.1 Å². The smallest absolute Gasteiger partial charge is 0.236 e. The first kappa shape index (κ1) is 19.2. The molecule has 2 atom stereocenters. The molecule has 0 fully saturated rings. The summed E-state index contributed by atoms with van der Waals surface area (Å²) in [7, 11) is 0. The number of carbonyl (C=O) groups is 2. The lowest BCUT2D eigenvalue weighted by molar-refractivity contribution is -0.123. The highest BCUT2D eigenvalue weighted by Crippen LogP contribution is 2.17. The second-order valence-corrected chi connectivity index (χ2v) is 6.43. The molecule has 0 heterocycles. The number of benzene rings is 1. The minimum absolute atomic E-state index is 0.0448. The summed E-state index contributed by atoms with van der Waals surface area (Å²) in [5, 5.41) is 5.49. The summed E-state index contributed by atoms with van der Waals surface area (Å²) < 4.78 is 0. The van der Waals surface area contributed by atoms with E-state index in [-0.39, 0.29) is 17.7 Å².